The Labute approximate surface area is 111 Å². The zero-order valence-corrected chi connectivity index (χ0v) is 11.4. The first-order valence-electron chi connectivity index (χ1n) is 6.71. The first kappa shape index (κ1) is 14.8. The molecule has 0 fully saturated rings. The Bertz CT molecular complexity index is 403. The summed E-state index contributed by atoms with van der Waals surface area (Å²) in [6.07, 6.45) is 1.72. The maximum atomic E-state index is 8.76. The van der Waals surface area contributed by atoms with Crippen molar-refractivity contribution >= 4 is 0 Å². The molecule has 0 saturated heterocycles. The van der Waals surface area contributed by atoms with Crippen LogP contribution in [0.4, 0.5) is 0 Å². The smallest absolute Gasteiger partial charge is 0.0540 e. The molecule has 98 valence electrons. The van der Waals surface area contributed by atoms with E-state index in [1.807, 2.05) is 6.07 Å². The van der Waals surface area contributed by atoms with Gasteiger partial charge in [0.05, 0.1) is 6.61 Å². The fourth-order valence-electron chi connectivity index (χ4n) is 1.90. The van der Waals surface area contributed by atoms with Crippen LogP contribution in [0.1, 0.15) is 37.8 Å². The molecule has 0 aromatic heterocycles. The van der Waals surface area contributed by atoms with Crippen LogP contribution < -0.4 is 0 Å². The van der Waals surface area contributed by atoms with E-state index in [1.165, 1.54) is 12.0 Å². The van der Waals surface area contributed by atoms with Gasteiger partial charge in [-0.25, -0.2) is 0 Å². The molecule has 0 aliphatic heterocycles. The summed E-state index contributed by atoms with van der Waals surface area (Å²) in [4.78, 5) is 2.42. The summed E-state index contributed by atoms with van der Waals surface area (Å²) in [7, 11) is 0. The van der Waals surface area contributed by atoms with E-state index in [4.69, 9.17) is 5.11 Å². The molecule has 18 heavy (non-hydrogen) atoms. The summed E-state index contributed by atoms with van der Waals surface area (Å²) in [5.74, 6) is 6.15. The van der Waals surface area contributed by atoms with E-state index < -0.39 is 0 Å². The maximum Gasteiger partial charge on any atom is 0.0540 e. The molecule has 0 spiro atoms. The Hall–Kier alpha value is -1.30. The summed E-state index contributed by atoms with van der Waals surface area (Å²) in [6, 6.07) is 8.27. The van der Waals surface area contributed by atoms with Gasteiger partial charge in [0, 0.05) is 18.5 Å². The highest BCUT2D eigenvalue weighted by molar-refractivity contribution is 5.41. The first-order chi connectivity index (χ1) is 8.81. The second-order valence-electron chi connectivity index (χ2n) is 4.30. The fraction of sp³-hybridized carbons (Fsp3) is 0.500. The standard InChI is InChI=1S/C16H23NO/c1-3-12-17(4-2)14-16-11-6-5-9-15(16)10-7-8-13-18/h5-6,9,11,18H,3-4,8,12-14H2,1-2H3. The summed E-state index contributed by atoms with van der Waals surface area (Å²) in [5, 5.41) is 8.76. The van der Waals surface area contributed by atoms with Gasteiger partial charge in [-0.2, -0.15) is 0 Å². The predicted molar refractivity (Wildman–Crippen MR) is 76.3 cm³/mol. The number of nitrogens with zero attached hydrogens (tertiary/aromatic N) is 1. The normalized spacial score (nSPS) is 10.2. The van der Waals surface area contributed by atoms with E-state index in [-0.39, 0.29) is 6.61 Å². The van der Waals surface area contributed by atoms with Gasteiger partial charge >= 0.3 is 0 Å². The highest BCUT2D eigenvalue weighted by Gasteiger charge is 2.05. The van der Waals surface area contributed by atoms with Gasteiger partial charge in [-0.3, -0.25) is 4.90 Å². The molecule has 0 bridgehead atoms. The van der Waals surface area contributed by atoms with Crippen molar-refractivity contribution in [3.8, 4) is 11.8 Å². The van der Waals surface area contributed by atoms with E-state index in [0.29, 0.717) is 6.42 Å². The van der Waals surface area contributed by atoms with Crippen molar-refractivity contribution in [1.82, 2.24) is 4.90 Å². The van der Waals surface area contributed by atoms with Crippen molar-refractivity contribution in [3.63, 3.8) is 0 Å². The third-order valence-corrected chi connectivity index (χ3v) is 2.86. The van der Waals surface area contributed by atoms with Crippen molar-refractivity contribution in [3.05, 3.63) is 35.4 Å². The molecule has 0 aliphatic rings. The second kappa shape index (κ2) is 8.74. The summed E-state index contributed by atoms with van der Waals surface area (Å²) < 4.78 is 0. The summed E-state index contributed by atoms with van der Waals surface area (Å²) >= 11 is 0. The zero-order valence-electron chi connectivity index (χ0n) is 11.4. The van der Waals surface area contributed by atoms with Crippen molar-refractivity contribution < 1.29 is 5.11 Å². The average molecular weight is 245 g/mol. The van der Waals surface area contributed by atoms with Crippen molar-refractivity contribution in [2.75, 3.05) is 19.7 Å². The van der Waals surface area contributed by atoms with Crippen LogP contribution in [0.2, 0.25) is 0 Å². The lowest BCUT2D eigenvalue weighted by atomic mass is 10.1. The van der Waals surface area contributed by atoms with Crippen LogP contribution in [0, 0.1) is 11.8 Å². The molecule has 1 aromatic rings. The third-order valence-electron chi connectivity index (χ3n) is 2.86. The molecule has 0 amide bonds. The molecule has 1 aromatic carbocycles. The molecule has 1 rings (SSSR count). The zero-order chi connectivity index (χ0) is 13.2. The highest BCUT2D eigenvalue weighted by atomic mass is 16.2. The van der Waals surface area contributed by atoms with E-state index in [9.17, 15) is 0 Å². The van der Waals surface area contributed by atoms with Crippen LogP contribution in [0.3, 0.4) is 0 Å². The van der Waals surface area contributed by atoms with Gasteiger partial charge < -0.3 is 5.11 Å². The minimum atomic E-state index is 0.131. The Kier molecular flexibility index (Phi) is 7.17. The topological polar surface area (TPSA) is 23.5 Å². The number of hydrogen-bond donors (Lipinski definition) is 1. The molecule has 0 radical (unpaired) electrons. The summed E-state index contributed by atoms with van der Waals surface area (Å²) in [5.41, 5.74) is 2.36. The lowest BCUT2D eigenvalue weighted by Crippen LogP contribution is -2.23. The van der Waals surface area contributed by atoms with E-state index in [0.717, 1.165) is 25.2 Å². The summed E-state index contributed by atoms with van der Waals surface area (Å²) in [6.45, 7) is 7.66. The largest absolute Gasteiger partial charge is 0.395 e. The first-order valence-corrected chi connectivity index (χ1v) is 6.71. The van der Waals surface area contributed by atoms with Crippen LogP contribution in [0.25, 0.3) is 0 Å². The second-order valence-corrected chi connectivity index (χ2v) is 4.30. The molecule has 0 heterocycles. The van der Waals surface area contributed by atoms with Crippen molar-refractivity contribution in [2.45, 2.75) is 33.2 Å². The lowest BCUT2D eigenvalue weighted by Gasteiger charge is -2.20. The van der Waals surface area contributed by atoms with Crippen molar-refractivity contribution in [2.24, 2.45) is 0 Å². The third kappa shape index (κ3) is 4.91. The van der Waals surface area contributed by atoms with Gasteiger partial charge in [0.1, 0.15) is 0 Å². The van der Waals surface area contributed by atoms with E-state index in [1.54, 1.807) is 0 Å². The number of rotatable bonds is 6. The highest BCUT2D eigenvalue weighted by Crippen LogP contribution is 2.11. The van der Waals surface area contributed by atoms with E-state index in [2.05, 4.69) is 48.8 Å². The van der Waals surface area contributed by atoms with Crippen molar-refractivity contribution in [1.29, 1.82) is 0 Å². The molecule has 0 unspecified atom stereocenters. The van der Waals surface area contributed by atoms with Crippen LogP contribution in [0.5, 0.6) is 0 Å². The molecule has 0 atom stereocenters. The molecule has 1 N–H and O–H groups in total. The van der Waals surface area contributed by atoms with E-state index >= 15 is 0 Å². The minimum absolute atomic E-state index is 0.131. The van der Waals surface area contributed by atoms with Gasteiger partial charge in [0.15, 0.2) is 0 Å². The lowest BCUT2D eigenvalue weighted by molar-refractivity contribution is 0.280. The van der Waals surface area contributed by atoms with Gasteiger partial charge in [0.25, 0.3) is 0 Å². The predicted octanol–water partition coefficient (Wildman–Crippen LogP) is 2.65. The quantitative estimate of drug-likeness (QED) is 0.779. The SMILES string of the molecule is CCCN(CC)Cc1ccccc1C#CCCO. The Morgan fingerprint density at radius 3 is 2.67 bits per heavy atom. The van der Waals surface area contributed by atoms with Gasteiger partial charge in [-0.1, -0.05) is 43.9 Å². The number of aliphatic hydroxyl groups excluding tert-OH is 1. The van der Waals surface area contributed by atoms with Crippen LogP contribution in [0.15, 0.2) is 24.3 Å². The molecule has 0 saturated carbocycles. The molecular weight excluding hydrogens is 222 g/mol. The minimum Gasteiger partial charge on any atom is -0.395 e. The molecule has 2 heteroatoms. The Balaban J connectivity index is 2.78. The van der Waals surface area contributed by atoms with Crippen LogP contribution >= 0.6 is 0 Å². The maximum absolute atomic E-state index is 8.76. The number of benzene rings is 1. The molecule has 2 nitrogen and oxygen atoms in total. The molecule has 0 aliphatic carbocycles. The van der Waals surface area contributed by atoms with Crippen LogP contribution in [-0.2, 0) is 6.54 Å². The Morgan fingerprint density at radius 1 is 1.22 bits per heavy atom. The average Bonchev–Trinajstić information content (AvgIpc) is 2.40. The monoisotopic (exact) mass is 245 g/mol. The van der Waals surface area contributed by atoms with Gasteiger partial charge in [0.2, 0.25) is 0 Å². The number of aliphatic hydroxyl groups is 1. The van der Waals surface area contributed by atoms with Gasteiger partial charge in [-0.15, -0.1) is 0 Å². The fourth-order valence-corrected chi connectivity index (χ4v) is 1.90. The van der Waals surface area contributed by atoms with Crippen LogP contribution in [-0.4, -0.2) is 29.7 Å². The number of hydrogen-bond acceptors (Lipinski definition) is 2. The Morgan fingerprint density at radius 2 is 2.00 bits per heavy atom. The molecular formula is C16H23NO. The van der Waals surface area contributed by atoms with Gasteiger partial charge in [-0.05, 0) is 31.1 Å².